The first kappa shape index (κ1) is 26.0. The summed E-state index contributed by atoms with van der Waals surface area (Å²) in [6.07, 6.45) is 6.20. The molecule has 11 heteroatoms. The van der Waals surface area contributed by atoms with E-state index in [-0.39, 0.29) is 24.4 Å². The monoisotopic (exact) mass is 514 g/mol. The van der Waals surface area contributed by atoms with Crippen molar-refractivity contribution in [2.24, 2.45) is 5.92 Å². The van der Waals surface area contributed by atoms with E-state index in [1.54, 1.807) is 13.8 Å². The minimum Gasteiger partial charge on any atom is -0.462 e. The van der Waals surface area contributed by atoms with Gasteiger partial charge in [0.15, 0.2) is 5.16 Å². The average Bonchev–Trinajstić information content (AvgIpc) is 2.79. The van der Waals surface area contributed by atoms with Crippen LogP contribution in [0.15, 0.2) is 33.6 Å². The van der Waals surface area contributed by atoms with Gasteiger partial charge in [0.2, 0.25) is 5.91 Å². The number of aryl methyl sites for hydroxylation is 1. The maximum Gasteiger partial charge on any atom is 0.341 e. The maximum atomic E-state index is 12.3. The predicted molar refractivity (Wildman–Crippen MR) is 129 cm³/mol. The lowest BCUT2D eigenvalue weighted by molar-refractivity contribution is -0.119. The van der Waals surface area contributed by atoms with Gasteiger partial charge in [-0.3, -0.25) is 9.69 Å². The first-order chi connectivity index (χ1) is 15.9. The van der Waals surface area contributed by atoms with Gasteiger partial charge in [0.25, 0.3) is 0 Å². The molecule has 0 saturated carbocycles. The number of halogens is 2. The molecule has 180 valence electrons. The number of nitrogens with one attached hydrogen (secondary N) is 1. The highest BCUT2D eigenvalue weighted by Crippen LogP contribution is 2.29. The van der Waals surface area contributed by atoms with Crippen molar-refractivity contribution < 1.29 is 19.1 Å². The number of morpholine rings is 1. The van der Waals surface area contributed by atoms with Crippen LogP contribution in [0.2, 0.25) is 0 Å². The first-order valence-electron chi connectivity index (χ1n) is 10.8. The quantitative estimate of drug-likeness (QED) is 0.305. The summed E-state index contributed by atoms with van der Waals surface area (Å²) in [4.78, 5) is 34.9. The molecule has 0 aromatic carbocycles. The van der Waals surface area contributed by atoms with Gasteiger partial charge in [0.1, 0.15) is 0 Å². The maximum absolute atomic E-state index is 12.3. The lowest BCUT2D eigenvalue weighted by Gasteiger charge is -2.35. The Morgan fingerprint density at radius 1 is 1.36 bits per heavy atom. The topological polar surface area (TPSA) is 93.6 Å². The number of hydrogen-bond donors (Lipinski definition) is 1. The zero-order valence-electron chi connectivity index (χ0n) is 18.7. The SMILES string of the molecule is CCOC(=O)c1cnc(SCC(=O)NC[C@H]2CN(CC3C=C(Cl)C(Cl)=CC3)CCO2)nc1C. The largest absolute Gasteiger partial charge is 0.462 e. The van der Waals surface area contributed by atoms with Crippen molar-refractivity contribution >= 4 is 46.8 Å². The summed E-state index contributed by atoms with van der Waals surface area (Å²) in [6, 6.07) is 0. The van der Waals surface area contributed by atoms with Crippen LogP contribution < -0.4 is 5.32 Å². The molecule has 0 radical (unpaired) electrons. The summed E-state index contributed by atoms with van der Waals surface area (Å²) in [7, 11) is 0. The van der Waals surface area contributed by atoms with E-state index in [9.17, 15) is 9.59 Å². The molecular weight excluding hydrogens is 487 g/mol. The molecule has 3 rings (SSSR count). The van der Waals surface area contributed by atoms with Gasteiger partial charge in [0, 0.05) is 32.4 Å². The molecule has 1 fully saturated rings. The molecule has 1 aliphatic carbocycles. The smallest absolute Gasteiger partial charge is 0.341 e. The fourth-order valence-electron chi connectivity index (χ4n) is 3.57. The van der Waals surface area contributed by atoms with Crippen LogP contribution in [-0.2, 0) is 14.3 Å². The molecule has 0 bridgehead atoms. The number of aromatic nitrogens is 2. The highest BCUT2D eigenvalue weighted by Gasteiger charge is 2.24. The second kappa shape index (κ2) is 12.7. The van der Waals surface area contributed by atoms with Crippen molar-refractivity contribution in [2.45, 2.75) is 31.5 Å². The third kappa shape index (κ3) is 7.96. The fraction of sp³-hybridized carbons (Fsp3) is 0.545. The zero-order valence-corrected chi connectivity index (χ0v) is 21.0. The van der Waals surface area contributed by atoms with Crippen LogP contribution in [0.25, 0.3) is 0 Å². The lowest BCUT2D eigenvalue weighted by Crippen LogP contribution is -2.48. The Hall–Kier alpha value is -1.65. The van der Waals surface area contributed by atoms with Crippen molar-refractivity contribution in [1.29, 1.82) is 0 Å². The minimum absolute atomic E-state index is 0.0720. The van der Waals surface area contributed by atoms with Crippen LogP contribution in [0.4, 0.5) is 0 Å². The van der Waals surface area contributed by atoms with E-state index in [1.807, 2.05) is 12.2 Å². The van der Waals surface area contributed by atoms with E-state index >= 15 is 0 Å². The number of carbonyl (C=O) groups excluding carboxylic acids is 2. The van der Waals surface area contributed by atoms with Crippen LogP contribution in [-0.4, -0.2) is 78.0 Å². The summed E-state index contributed by atoms with van der Waals surface area (Å²) < 4.78 is 10.8. The van der Waals surface area contributed by atoms with Gasteiger partial charge in [-0.15, -0.1) is 0 Å². The number of esters is 1. The summed E-state index contributed by atoms with van der Waals surface area (Å²) in [6.45, 7) is 7.26. The van der Waals surface area contributed by atoms with Crippen LogP contribution >= 0.6 is 35.0 Å². The van der Waals surface area contributed by atoms with Gasteiger partial charge in [-0.2, -0.15) is 0 Å². The summed E-state index contributed by atoms with van der Waals surface area (Å²) in [5.41, 5.74) is 0.851. The van der Waals surface area contributed by atoms with E-state index < -0.39 is 5.97 Å². The molecule has 0 spiro atoms. The van der Waals surface area contributed by atoms with Crippen molar-refractivity contribution in [2.75, 3.05) is 45.1 Å². The number of carbonyl (C=O) groups is 2. The van der Waals surface area contributed by atoms with E-state index in [1.165, 1.54) is 18.0 Å². The van der Waals surface area contributed by atoms with Gasteiger partial charge in [-0.1, -0.05) is 47.1 Å². The predicted octanol–water partition coefficient (Wildman–Crippen LogP) is 3.14. The summed E-state index contributed by atoms with van der Waals surface area (Å²) in [5.74, 6) is -0.0806. The van der Waals surface area contributed by atoms with E-state index in [0.29, 0.717) is 45.5 Å². The molecule has 8 nitrogen and oxygen atoms in total. The fourth-order valence-corrected chi connectivity index (χ4v) is 4.67. The van der Waals surface area contributed by atoms with E-state index in [4.69, 9.17) is 32.7 Å². The molecule has 1 amide bonds. The van der Waals surface area contributed by atoms with Gasteiger partial charge >= 0.3 is 5.97 Å². The molecule has 1 aliphatic heterocycles. The number of allylic oxidation sites excluding steroid dienone is 3. The Kier molecular flexibility index (Phi) is 10.0. The molecule has 33 heavy (non-hydrogen) atoms. The Labute approximate surface area is 208 Å². The molecule has 1 N–H and O–H groups in total. The van der Waals surface area contributed by atoms with Crippen LogP contribution in [0.3, 0.4) is 0 Å². The first-order valence-corrected chi connectivity index (χ1v) is 12.6. The van der Waals surface area contributed by atoms with Gasteiger partial charge in [-0.25, -0.2) is 14.8 Å². The van der Waals surface area contributed by atoms with E-state index in [0.717, 1.165) is 26.1 Å². The normalized spacial score (nSPS) is 21.2. The summed E-state index contributed by atoms with van der Waals surface area (Å²) >= 11 is 13.4. The van der Waals surface area contributed by atoms with Gasteiger partial charge in [0.05, 0.1) is 46.4 Å². The number of thioether (sulfide) groups is 1. The average molecular weight is 515 g/mol. The molecule has 1 saturated heterocycles. The summed E-state index contributed by atoms with van der Waals surface area (Å²) in [5, 5.41) is 4.58. The van der Waals surface area contributed by atoms with Crippen molar-refractivity contribution in [1.82, 2.24) is 20.2 Å². The highest BCUT2D eigenvalue weighted by molar-refractivity contribution is 7.99. The molecule has 1 aromatic rings. The van der Waals surface area contributed by atoms with Crippen LogP contribution in [0.1, 0.15) is 29.4 Å². The van der Waals surface area contributed by atoms with Crippen LogP contribution in [0, 0.1) is 12.8 Å². The zero-order chi connectivity index (χ0) is 23.8. The lowest BCUT2D eigenvalue weighted by atomic mass is 9.99. The van der Waals surface area contributed by atoms with Gasteiger partial charge < -0.3 is 14.8 Å². The van der Waals surface area contributed by atoms with Crippen molar-refractivity contribution in [3.05, 3.63) is 39.7 Å². The Balaban J connectivity index is 1.40. The minimum atomic E-state index is -0.450. The van der Waals surface area contributed by atoms with Crippen molar-refractivity contribution in [3.8, 4) is 0 Å². The molecule has 1 aromatic heterocycles. The Morgan fingerprint density at radius 2 is 2.18 bits per heavy atom. The second-order valence-electron chi connectivity index (χ2n) is 7.78. The van der Waals surface area contributed by atoms with Crippen molar-refractivity contribution in [3.63, 3.8) is 0 Å². The number of ether oxygens (including phenoxy) is 2. The number of nitrogens with zero attached hydrogens (tertiary/aromatic N) is 3. The Morgan fingerprint density at radius 3 is 2.91 bits per heavy atom. The molecular formula is C22H28Cl2N4O4S. The molecule has 1 unspecified atom stereocenters. The number of hydrogen-bond acceptors (Lipinski definition) is 8. The standard InChI is InChI=1S/C22H28Cl2N4O4S/c1-3-31-21(30)17-10-26-22(27-14(17)2)33-13-20(29)25-9-16-12-28(6-7-32-16)11-15-4-5-18(23)19(24)8-15/h5,8,10,15-16H,3-4,6-7,9,11-13H2,1-2H3,(H,25,29)/t15?,16-/m0/s1. The molecule has 2 heterocycles. The second-order valence-corrected chi connectivity index (χ2v) is 9.54. The number of amides is 1. The Bertz CT molecular complexity index is 928. The van der Waals surface area contributed by atoms with Crippen LogP contribution in [0.5, 0.6) is 0 Å². The third-order valence-corrected chi connectivity index (χ3v) is 6.88. The molecule has 2 aliphatic rings. The third-order valence-electron chi connectivity index (χ3n) is 5.24. The van der Waals surface area contributed by atoms with Gasteiger partial charge in [-0.05, 0) is 26.2 Å². The highest BCUT2D eigenvalue weighted by atomic mass is 35.5. The number of rotatable bonds is 9. The van der Waals surface area contributed by atoms with E-state index in [2.05, 4.69) is 20.2 Å². The molecule has 2 atom stereocenters.